The maximum Gasteiger partial charge on any atom is 0.268 e. The highest BCUT2D eigenvalue weighted by atomic mass is 32.2. The number of rotatable bonds is 7. The Morgan fingerprint density at radius 1 is 0.795 bits per heavy atom. The number of carbonyl (C=O) groups excluding carboxylic acids is 1. The maximum atomic E-state index is 14.3. The molecule has 1 unspecified atom stereocenters. The van der Waals surface area contributed by atoms with Gasteiger partial charge in [-0.2, -0.15) is 0 Å². The van der Waals surface area contributed by atoms with Crippen molar-refractivity contribution in [3.05, 3.63) is 126 Å². The van der Waals surface area contributed by atoms with Crippen molar-refractivity contribution in [3.8, 4) is 5.75 Å². The maximum absolute atomic E-state index is 14.3. The van der Waals surface area contributed by atoms with E-state index in [1.165, 1.54) is 17.3 Å². The second kappa shape index (κ2) is 9.41. The van der Waals surface area contributed by atoms with E-state index >= 15 is 0 Å². The molecule has 2 heterocycles. The number of fused-ring (bicyclic) bond motifs is 2. The van der Waals surface area contributed by atoms with Gasteiger partial charge in [-0.05, 0) is 48.0 Å². The van der Waals surface area contributed by atoms with Crippen LogP contribution in [0, 0.1) is 0 Å². The van der Waals surface area contributed by atoms with E-state index in [1.54, 1.807) is 55.6 Å². The smallest absolute Gasteiger partial charge is 0.268 e. The van der Waals surface area contributed by atoms with Crippen LogP contribution >= 0.6 is 0 Å². The van der Waals surface area contributed by atoms with Gasteiger partial charge in [-0.3, -0.25) is 4.79 Å². The fraction of sp³-hybridized carbons (Fsp3) is 0.129. The van der Waals surface area contributed by atoms with Crippen LogP contribution in [-0.2, 0) is 27.0 Å². The highest BCUT2D eigenvalue weighted by Crippen LogP contribution is 2.49. The molecule has 0 saturated heterocycles. The average Bonchev–Trinajstić information content (AvgIpc) is 3.49. The van der Waals surface area contributed by atoms with Crippen LogP contribution in [0.5, 0.6) is 5.75 Å². The minimum absolute atomic E-state index is 0.153. The summed E-state index contributed by atoms with van der Waals surface area (Å²) in [6.07, 6.45) is 1.53. The topological polar surface area (TPSA) is 77.8 Å². The number of methoxy groups -OCH3 is 2. The molecule has 0 aliphatic carbocycles. The lowest BCUT2D eigenvalue weighted by Crippen LogP contribution is -2.49. The molecular formula is C31H26N2O5S. The van der Waals surface area contributed by atoms with Gasteiger partial charge in [-0.25, -0.2) is 12.4 Å². The summed E-state index contributed by atoms with van der Waals surface area (Å²) in [5.74, 6) is 0.470. The molecule has 1 atom stereocenters. The van der Waals surface area contributed by atoms with Crippen molar-refractivity contribution in [1.29, 1.82) is 0 Å². The molecule has 4 aromatic carbocycles. The molecule has 0 saturated carbocycles. The highest BCUT2D eigenvalue weighted by Gasteiger charge is 2.55. The van der Waals surface area contributed by atoms with Gasteiger partial charge < -0.3 is 14.4 Å². The van der Waals surface area contributed by atoms with Crippen LogP contribution in [0.15, 0.2) is 114 Å². The Bertz CT molecular complexity index is 1800. The van der Waals surface area contributed by atoms with E-state index in [1.807, 2.05) is 59.5 Å². The number of anilines is 1. The van der Waals surface area contributed by atoms with Crippen LogP contribution in [0.4, 0.5) is 5.69 Å². The number of aromatic nitrogens is 1. The van der Waals surface area contributed by atoms with Crippen molar-refractivity contribution < 1.29 is 22.7 Å². The Labute approximate surface area is 226 Å². The summed E-state index contributed by atoms with van der Waals surface area (Å²) in [6.45, 7) is 0.339. The molecule has 0 radical (unpaired) electrons. The van der Waals surface area contributed by atoms with Gasteiger partial charge in [0.2, 0.25) is 11.5 Å². The molecule has 196 valence electrons. The summed E-state index contributed by atoms with van der Waals surface area (Å²) in [7, 11) is -0.861. The molecule has 0 spiro atoms. The molecule has 6 rings (SSSR count). The first-order chi connectivity index (χ1) is 18.9. The van der Waals surface area contributed by atoms with Crippen LogP contribution < -0.4 is 9.64 Å². The Hall–Kier alpha value is -4.40. The van der Waals surface area contributed by atoms with E-state index in [9.17, 15) is 13.2 Å². The number of Topliss-reactive ketones (excluding diaryl/α,β-unsaturated/α-hetero) is 1. The van der Waals surface area contributed by atoms with Crippen molar-refractivity contribution >= 4 is 32.4 Å². The standard InChI is InChI=1S/C31H26N2O5S/c1-37-23-18-16-22(17-19-23)20-32-28-14-8-7-13-26(28)30(34)31(32,38-2)27-21-33(29-15-9-6-12-25(27)29)39(35,36)24-10-4-3-5-11-24/h3-19,21H,20H2,1-2H3. The zero-order valence-electron chi connectivity index (χ0n) is 21.4. The molecule has 0 bridgehead atoms. The van der Waals surface area contributed by atoms with Crippen LogP contribution in [-0.4, -0.2) is 32.4 Å². The van der Waals surface area contributed by atoms with Crippen molar-refractivity contribution in [2.45, 2.75) is 17.2 Å². The van der Waals surface area contributed by atoms with Crippen molar-refractivity contribution in [2.24, 2.45) is 0 Å². The van der Waals surface area contributed by atoms with E-state index in [2.05, 4.69) is 0 Å². The van der Waals surface area contributed by atoms with E-state index in [-0.39, 0.29) is 10.7 Å². The van der Waals surface area contributed by atoms with E-state index in [0.29, 0.717) is 34.3 Å². The van der Waals surface area contributed by atoms with Gasteiger partial charge in [0.05, 0.1) is 23.2 Å². The van der Waals surface area contributed by atoms with Crippen LogP contribution in [0.25, 0.3) is 10.9 Å². The average molecular weight is 539 g/mol. The zero-order valence-corrected chi connectivity index (χ0v) is 22.3. The van der Waals surface area contributed by atoms with Gasteiger partial charge in [-0.15, -0.1) is 0 Å². The summed E-state index contributed by atoms with van der Waals surface area (Å²) in [6, 6.07) is 30.4. The van der Waals surface area contributed by atoms with Gasteiger partial charge in [0.25, 0.3) is 10.0 Å². The number of ketones is 1. The molecule has 0 N–H and O–H groups in total. The summed E-state index contributed by atoms with van der Waals surface area (Å²) in [4.78, 5) is 16.3. The summed E-state index contributed by atoms with van der Waals surface area (Å²) < 4.78 is 40.4. The first-order valence-corrected chi connectivity index (χ1v) is 13.9. The normalized spacial score (nSPS) is 17.0. The lowest BCUT2D eigenvalue weighted by atomic mass is 9.95. The number of ether oxygens (including phenoxy) is 2. The molecular weight excluding hydrogens is 512 g/mol. The van der Waals surface area contributed by atoms with Crippen LogP contribution in [0.2, 0.25) is 0 Å². The van der Waals surface area contributed by atoms with Crippen molar-refractivity contribution in [3.63, 3.8) is 0 Å². The zero-order chi connectivity index (χ0) is 27.2. The third kappa shape index (κ3) is 3.75. The number of carbonyl (C=O) groups is 1. The molecule has 0 fully saturated rings. The molecule has 1 aliphatic heterocycles. The monoisotopic (exact) mass is 538 g/mol. The number of hydrogen-bond acceptors (Lipinski definition) is 6. The number of nitrogens with zero attached hydrogens (tertiary/aromatic N) is 2. The minimum Gasteiger partial charge on any atom is -0.497 e. The van der Waals surface area contributed by atoms with Crippen LogP contribution in [0.1, 0.15) is 21.5 Å². The molecule has 1 aromatic heterocycles. The third-order valence-corrected chi connectivity index (χ3v) is 8.95. The Morgan fingerprint density at radius 2 is 1.46 bits per heavy atom. The van der Waals surface area contributed by atoms with Crippen molar-refractivity contribution in [1.82, 2.24) is 3.97 Å². The Morgan fingerprint density at radius 3 is 2.18 bits per heavy atom. The Kier molecular flexibility index (Phi) is 6.01. The first-order valence-electron chi connectivity index (χ1n) is 12.4. The number of para-hydroxylation sites is 2. The minimum atomic E-state index is -3.96. The largest absolute Gasteiger partial charge is 0.497 e. The fourth-order valence-electron chi connectivity index (χ4n) is 5.39. The second-order valence-corrected chi connectivity index (χ2v) is 11.1. The highest BCUT2D eigenvalue weighted by molar-refractivity contribution is 7.90. The number of hydrogen-bond donors (Lipinski definition) is 0. The predicted octanol–water partition coefficient (Wildman–Crippen LogP) is 5.59. The second-order valence-electron chi connectivity index (χ2n) is 9.30. The van der Waals surface area contributed by atoms with E-state index in [4.69, 9.17) is 9.47 Å². The molecule has 7 nitrogen and oxygen atoms in total. The number of benzene rings is 4. The van der Waals surface area contributed by atoms with Gasteiger partial charge in [-0.1, -0.05) is 60.7 Å². The molecule has 0 amide bonds. The summed E-state index contributed by atoms with van der Waals surface area (Å²) in [5.41, 5.74) is 1.47. The Balaban J connectivity index is 1.59. The molecule has 8 heteroatoms. The van der Waals surface area contributed by atoms with E-state index in [0.717, 1.165) is 11.3 Å². The van der Waals surface area contributed by atoms with Crippen LogP contribution in [0.3, 0.4) is 0 Å². The molecule has 39 heavy (non-hydrogen) atoms. The van der Waals surface area contributed by atoms with Gasteiger partial charge in [0.1, 0.15) is 5.75 Å². The SMILES string of the molecule is COc1ccc(CN2c3ccccc3C(=O)C2(OC)c2cn(S(=O)(=O)c3ccccc3)c3ccccc23)cc1. The van der Waals surface area contributed by atoms with E-state index < -0.39 is 15.7 Å². The predicted molar refractivity (Wildman–Crippen MR) is 150 cm³/mol. The molecule has 5 aromatic rings. The van der Waals surface area contributed by atoms with Gasteiger partial charge >= 0.3 is 0 Å². The first kappa shape index (κ1) is 24.9. The lowest BCUT2D eigenvalue weighted by molar-refractivity contribution is 0.00149. The lowest BCUT2D eigenvalue weighted by Gasteiger charge is -2.37. The third-order valence-electron chi connectivity index (χ3n) is 7.27. The summed E-state index contributed by atoms with van der Waals surface area (Å²) in [5, 5.41) is 0.611. The summed E-state index contributed by atoms with van der Waals surface area (Å²) >= 11 is 0. The fourth-order valence-corrected chi connectivity index (χ4v) is 6.78. The quantitative estimate of drug-likeness (QED) is 0.269. The molecule has 1 aliphatic rings. The van der Waals surface area contributed by atoms with Gasteiger partial charge in [0.15, 0.2) is 0 Å². The van der Waals surface area contributed by atoms with Crippen molar-refractivity contribution in [2.75, 3.05) is 19.1 Å². The van der Waals surface area contributed by atoms with Gasteiger partial charge in [0, 0.05) is 36.4 Å².